The number of hydrogen-bond acceptors (Lipinski definition) is 6. The highest BCUT2D eigenvalue weighted by molar-refractivity contribution is 5.91. The third-order valence-electron chi connectivity index (χ3n) is 5.54. The molecule has 2 saturated heterocycles. The highest BCUT2D eigenvalue weighted by Gasteiger charge is 2.61. The summed E-state index contributed by atoms with van der Waals surface area (Å²) >= 11 is 0. The maximum absolute atomic E-state index is 11.9. The van der Waals surface area contributed by atoms with Gasteiger partial charge in [0.1, 0.15) is 24.6 Å². The van der Waals surface area contributed by atoms with Crippen molar-refractivity contribution < 1.29 is 28.6 Å². The van der Waals surface area contributed by atoms with Gasteiger partial charge in [-0.3, -0.25) is 4.79 Å². The summed E-state index contributed by atoms with van der Waals surface area (Å²) in [6, 6.07) is 0. The van der Waals surface area contributed by atoms with E-state index < -0.39 is 0 Å². The Labute approximate surface area is 153 Å². The van der Waals surface area contributed by atoms with E-state index in [4.69, 9.17) is 14.2 Å². The van der Waals surface area contributed by atoms with E-state index >= 15 is 0 Å². The maximum atomic E-state index is 11.9. The lowest BCUT2D eigenvalue weighted by atomic mass is 9.84. The van der Waals surface area contributed by atoms with Gasteiger partial charge in [-0.25, -0.2) is 4.79 Å². The lowest BCUT2D eigenvalue weighted by Gasteiger charge is -2.20. The molecule has 26 heavy (non-hydrogen) atoms. The van der Waals surface area contributed by atoms with Crippen molar-refractivity contribution >= 4 is 17.7 Å². The molecule has 3 aliphatic rings. The molecule has 0 aromatic heterocycles. The monoisotopic (exact) mass is 362 g/mol. The molecule has 0 aromatic rings. The van der Waals surface area contributed by atoms with Gasteiger partial charge in [-0.15, -0.1) is 0 Å². The number of ketones is 1. The Morgan fingerprint density at radius 2 is 2.15 bits per heavy atom. The van der Waals surface area contributed by atoms with Crippen molar-refractivity contribution in [2.45, 2.75) is 70.2 Å². The molecule has 4 atom stereocenters. The first kappa shape index (κ1) is 18.8. The van der Waals surface area contributed by atoms with Crippen LogP contribution in [-0.4, -0.2) is 42.1 Å². The van der Waals surface area contributed by atoms with Crippen molar-refractivity contribution in [3.05, 3.63) is 23.8 Å². The molecule has 0 N–H and O–H groups in total. The Morgan fingerprint density at radius 3 is 2.88 bits per heavy atom. The van der Waals surface area contributed by atoms with Gasteiger partial charge in [0, 0.05) is 17.9 Å². The number of rotatable bonds is 5. The van der Waals surface area contributed by atoms with Crippen LogP contribution in [0.5, 0.6) is 0 Å². The molecule has 0 amide bonds. The van der Waals surface area contributed by atoms with Crippen LogP contribution in [0.3, 0.4) is 0 Å². The number of epoxide rings is 1. The zero-order valence-corrected chi connectivity index (χ0v) is 15.4. The van der Waals surface area contributed by atoms with Crippen LogP contribution >= 0.6 is 0 Å². The minimum absolute atomic E-state index is 0.0254. The van der Waals surface area contributed by atoms with Crippen molar-refractivity contribution in [2.75, 3.05) is 6.61 Å². The topological polar surface area (TPSA) is 82.2 Å². The SMILES string of the molecule is C=C1C(=O)O[C@H]2[C@H]1CC/C(COC(=O)CCC(C)=O)=C\CC[C@@]1(C)O[C@@H]21. The fourth-order valence-electron chi connectivity index (χ4n) is 3.77. The molecule has 1 aliphatic carbocycles. The van der Waals surface area contributed by atoms with Crippen molar-refractivity contribution in [3.63, 3.8) is 0 Å². The Kier molecular flexibility index (Phi) is 5.32. The summed E-state index contributed by atoms with van der Waals surface area (Å²) in [5.41, 5.74) is 1.26. The highest BCUT2D eigenvalue weighted by Crippen LogP contribution is 2.49. The van der Waals surface area contributed by atoms with E-state index in [0.29, 0.717) is 18.4 Å². The maximum Gasteiger partial charge on any atom is 0.334 e. The van der Waals surface area contributed by atoms with Crippen LogP contribution in [0.15, 0.2) is 23.8 Å². The molecule has 0 bridgehead atoms. The van der Waals surface area contributed by atoms with Crippen LogP contribution in [0.1, 0.15) is 52.4 Å². The second kappa shape index (κ2) is 7.35. The molecule has 0 radical (unpaired) electrons. The van der Waals surface area contributed by atoms with Gasteiger partial charge in [0.25, 0.3) is 0 Å². The van der Waals surface area contributed by atoms with Crippen LogP contribution in [0.2, 0.25) is 0 Å². The van der Waals surface area contributed by atoms with Crippen LogP contribution in [0.25, 0.3) is 0 Å². The zero-order chi connectivity index (χ0) is 18.9. The largest absolute Gasteiger partial charge is 0.461 e. The summed E-state index contributed by atoms with van der Waals surface area (Å²) in [4.78, 5) is 34.7. The van der Waals surface area contributed by atoms with E-state index in [2.05, 4.69) is 12.7 Å². The fraction of sp³-hybridized carbons (Fsp3) is 0.650. The van der Waals surface area contributed by atoms with Crippen LogP contribution < -0.4 is 0 Å². The fourth-order valence-corrected chi connectivity index (χ4v) is 3.77. The van der Waals surface area contributed by atoms with Crippen LogP contribution in [-0.2, 0) is 28.6 Å². The molecule has 2 heterocycles. The van der Waals surface area contributed by atoms with Crippen LogP contribution in [0.4, 0.5) is 0 Å². The first-order valence-corrected chi connectivity index (χ1v) is 9.21. The lowest BCUT2D eigenvalue weighted by molar-refractivity contribution is -0.144. The third-order valence-corrected chi connectivity index (χ3v) is 5.54. The zero-order valence-electron chi connectivity index (χ0n) is 15.4. The molecule has 0 unspecified atom stereocenters. The van der Waals surface area contributed by atoms with Gasteiger partial charge in [0.15, 0.2) is 0 Å². The van der Waals surface area contributed by atoms with E-state index in [1.54, 1.807) is 0 Å². The first-order chi connectivity index (χ1) is 12.3. The van der Waals surface area contributed by atoms with Gasteiger partial charge in [-0.2, -0.15) is 0 Å². The molecule has 6 nitrogen and oxygen atoms in total. The summed E-state index contributed by atoms with van der Waals surface area (Å²) in [5, 5.41) is 0. The molecule has 142 valence electrons. The van der Waals surface area contributed by atoms with E-state index in [9.17, 15) is 14.4 Å². The number of ether oxygens (including phenoxy) is 3. The molecule has 0 saturated carbocycles. The summed E-state index contributed by atoms with van der Waals surface area (Å²) in [6.07, 6.45) is 5.16. The number of esters is 2. The lowest BCUT2D eigenvalue weighted by Crippen LogP contribution is -2.29. The van der Waals surface area contributed by atoms with Crippen molar-refractivity contribution in [1.82, 2.24) is 0 Å². The predicted octanol–water partition coefficient (Wildman–Crippen LogP) is 2.65. The third kappa shape index (κ3) is 4.06. The van der Waals surface area contributed by atoms with Crippen LogP contribution in [0, 0.1) is 5.92 Å². The minimum Gasteiger partial charge on any atom is -0.461 e. The number of carbonyl (C=O) groups excluding carboxylic acids is 3. The predicted molar refractivity (Wildman–Crippen MR) is 93.2 cm³/mol. The van der Waals surface area contributed by atoms with E-state index in [1.807, 2.05) is 6.92 Å². The van der Waals surface area contributed by atoms with Gasteiger partial charge >= 0.3 is 11.9 Å². The Hall–Kier alpha value is -1.95. The highest BCUT2D eigenvalue weighted by atomic mass is 16.6. The summed E-state index contributed by atoms with van der Waals surface area (Å²) < 4.78 is 16.7. The van der Waals surface area contributed by atoms with Crippen molar-refractivity contribution in [1.29, 1.82) is 0 Å². The van der Waals surface area contributed by atoms with Gasteiger partial charge in [-0.1, -0.05) is 12.7 Å². The van der Waals surface area contributed by atoms with E-state index in [1.165, 1.54) is 6.92 Å². The van der Waals surface area contributed by atoms with Gasteiger partial charge in [0.05, 0.1) is 12.0 Å². The summed E-state index contributed by atoms with van der Waals surface area (Å²) in [6.45, 7) is 7.61. The summed E-state index contributed by atoms with van der Waals surface area (Å²) in [5.74, 6) is -0.789. The number of allylic oxidation sites excluding steroid dienone is 1. The molecule has 3 rings (SSSR count). The Bertz CT molecular complexity index is 663. The van der Waals surface area contributed by atoms with Crippen molar-refractivity contribution in [2.24, 2.45) is 5.92 Å². The smallest absolute Gasteiger partial charge is 0.334 e. The quantitative estimate of drug-likeness (QED) is 0.324. The van der Waals surface area contributed by atoms with Gasteiger partial charge in [0.2, 0.25) is 0 Å². The van der Waals surface area contributed by atoms with E-state index in [0.717, 1.165) is 18.4 Å². The molecular formula is C20H26O6. The average molecular weight is 362 g/mol. The Balaban J connectivity index is 1.62. The van der Waals surface area contributed by atoms with Crippen molar-refractivity contribution in [3.8, 4) is 0 Å². The molecule has 0 spiro atoms. The second-order valence-electron chi connectivity index (χ2n) is 7.66. The second-order valence-corrected chi connectivity index (χ2v) is 7.66. The normalized spacial score (nSPS) is 35.5. The first-order valence-electron chi connectivity index (χ1n) is 9.21. The molecule has 2 aliphatic heterocycles. The van der Waals surface area contributed by atoms with Gasteiger partial charge < -0.3 is 19.0 Å². The molecule has 0 aromatic carbocycles. The number of carbonyl (C=O) groups is 3. The minimum atomic E-state index is -0.364. The average Bonchev–Trinajstić information content (AvgIpc) is 3.17. The number of Topliss-reactive ketones (excluding diaryl/α,β-unsaturated/α-hetero) is 1. The number of hydrogen-bond donors (Lipinski definition) is 0. The molecule has 2 fully saturated rings. The number of fused-ring (bicyclic) bond motifs is 3. The van der Waals surface area contributed by atoms with Gasteiger partial charge in [-0.05, 0) is 45.1 Å². The summed E-state index contributed by atoms with van der Waals surface area (Å²) in [7, 11) is 0. The van der Waals surface area contributed by atoms with E-state index in [-0.39, 0.29) is 60.9 Å². The standard InChI is InChI=1S/C20H26O6/c1-12(21)6-9-16(22)24-11-14-5-4-10-20(3)18(26-20)17-15(8-7-14)13(2)19(23)25-17/h5,15,17-18H,2,4,6-11H2,1,3H3/b14-5+/t15-,17-,18-,20+/m0/s1. The molecular weight excluding hydrogens is 336 g/mol. The molecule has 6 heteroatoms. The Morgan fingerprint density at radius 1 is 1.38 bits per heavy atom.